The smallest absolute Gasteiger partial charge is 0.335 e. The molecule has 7 rings (SSSR count). The van der Waals surface area contributed by atoms with E-state index in [0.29, 0.717) is 37.1 Å². The summed E-state index contributed by atoms with van der Waals surface area (Å²) in [6.45, 7) is 6.06. The van der Waals surface area contributed by atoms with Crippen LogP contribution in [0.2, 0.25) is 0 Å². The van der Waals surface area contributed by atoms with Crippen molar-refractivity contribution >= 4 is 22.8 Å². The minimum atomic E-state index is -0.945. The molecule has 0 amide bonds. The van der Waals surface area contributed by atoms with Gasteiger partial charge in [-0.1, -0.05) is 12.1 Å². The van der Waals surface area contributed by atoms with Crippen molar-refractivity contribution in [3.8, 4) is 11.9 Å². The van der Waals surface area contributed by atoms with Gasteiger partial charge in [0.15, 0.2) is 0 Å². The molecule has 2 aromatic carbocycles. The highest BCUT2D eigenvalue weighted by Crippen LogP contribution is 2.31. The van der Waals surface area contributed by atoms with Crippen LogP contribution in [0.25, 0.3) is 11.0 Å². The SMILES string of the molecule is N#Cc1ccc(COc2cccc(N3CC4=C(CN(Cc5nc6ccc(C(=O)O)cc6n5CC5COC5)C4)C3)n2)c(F)c1. The van der Waals surface area contributed by atoms with Crippen LogP contribution in [-0.2, 0) is 24.4 Å². The summed E-state index contributed by atoms with van der Waals surface area (Å²) in [5.74, 6) is 1.13. The molecule has 11 heteroatoms. The van der Waals surface area contributed by atoms with Gasteiger partial charge in [-0.05, 0) is 47.5 Å². The van der Waals surface area contributed by atoms with Crippen molar-refractivity contribution in [2.24, 2.45) is 5.92 Å². The Labute approximate surface area is 247 Å². The van der Waals surface area contributed by atoms with Crippen LogP contribution in [0, 0.1) is 23.1 Å². The van der Waals surface area contributed by atoms with Gasteiger partial charge in [0.2, 0.25) is 5.88 Å². The van der Waals surface area contributed by atoms with Crippen LogP contribution >= 0.6 is 0 Å². The Balaban J connectivity index is 1.00. The molecule has 43 heavy (non-hydrogen) atoms. The molecule has 3 aliphatic heterocycles. The van der Waals surface area contributed by atoms with E-state index in [1.54, 1.807) is 36.4 Å². The number of rotatable bonds is 9. The number of hydrogen-bond donors (Lipinski definition) is 1. The topological polar surface area (TPSA) is 117 Å². The number of aromatic carboxylic acids is 1. The largest absolute Gasteiger partial charge is 0.478 e. The lowest BCUT2D eigenvalue weighted by molar-refractivity contribution is -0.0393. The molecule has 5 heterocycles. The number of ether oxygens (including phenoxy) is 2. The fourth-order valence-electron chi connectivity index (χ4n) is 5.96. The van der Waals surface area contributed by atoms with Gasteiger partial charge < -0.3 is 24.0 Å². The van der Waals surface area contributed by atoms with E-state index in [4.69, 9.17) is 19.7 Å². The van der Waals surface area contributed by atoms with Gasteiger partial charge in [-0.3, -0.25) is 4.90 Å². The molecule has 0 atom stereocenters. The Morgan fingerprint density at radius 1 is 1.07 bits per heavy atom. The first-order valence-electron chi connectivity index (χ1n) is 14.2. The monoisotopic (exact) mass is 580 g/mol. The molecule has 10 nitrogen and oxygen atoms in total. The first-order chi connectivity index (χ1) is 20.9. The van der Waals surface area contributed by atoms with Gasteiger partial charge in [0, 0.05) is 50.3 Å². The van der Waals surface area contributed by atoms with Crippen LogP contribution in [-0.4, -0.2) is 69.9 Å². The number of aromatic nitrogens is 3. The summed E-state index contributed by atoms with van der Waals surface area (Å²) in [6, 6.07) is 17.0. The number of fused-ring (bicyclic) bond motifs is 1. The number of carbonyl (C=O) groups is 1. The molecule has 0 spiro atoms. The Morgan fingerprint density at radius 2 is 1.88 bits per heavy atom. The number of carboxylic acid groups (broad SMARTS) is 1. The predicted molar refractivity (Wildman–Crippen MR) is 155 cm³/mol. The summed E-state index contributed by atoms with van der Waals surface area (Å²) >= 11 is 0. The number of benzene rings is 2. The molecule has 0 radical (unpaired) electrons. The second kappa shape index (κ2) is 11.1. The lowest BCUT2D eigenvalue weighted by Gasteiger charge is -2.28. The number of nitrogens with zero attached hydrogens (tertiary/aromatic N) is 6. The third-order valence-electron chi connectivity index (χ3n) is 8.27. The van der Waals surface area contributed by atoms with E-state index < -0.39 is 11.8 Å². The molecule has 218 valence electrons. The van der Waals surface area contributed by atoms with Gasteiger partial charge in [0.05, 0.1) is 48.0 Å². The number of anilines is 1. The lowest BCUT2D eigenvalue weighted by Crippen LogP contribution is -2.33. The van der Waals surface area contributed by atoms with Crippen molar-refractivity contribution in [3.63, 3.8) is 0 Å². The summed E-state index contributed by atoms with van der Waals surface area (Å²) < 4.78 is 27.6. The summed E-state index contributed by atoms with van der Waals surface area (Å²) in [5, 5.41) is 18.5. The van der Waals surface area contributed by atoms with Crippen LogP contribution in [0.3, 0.4) is 0 Å². The highest BCUT2D eigenvalue weighted by Gasteiger charge is 2.32. The van der Waals surface area contributed by atoms with Gasteiger partial charge in [-0.25, -0.2) is 14.2 Å². The molecule has 4 aromatic rings. The first-order valence-corrected chi connectivity index (χ1v) is 14.2. The second-order valence-corrected chi connectivity index (χ2v) is 11.3. The molecule has 1 fully saturated rings. The standard InChI is InChI=1S/C32H29FN6O4/c33-26-8-20(10-34)4-5-23(26)19-43-31-3-1-2-29(36-31)38-14-24-12-37(13-25(24)15-38)16-30-35-27-7-6-22(32(40)41)9-28(27)39(30)11-21-17-42-18-21/h1-9,21H,11-19H2,(H,40,41). The Morgan fingerprint density at radius 3 is 2.58 bits per heavy atom. The Kier molecular flexibility index (Phi) is 7.01. The average Bonchev–Trinajstić information content (AvgIpc) is 3.65. The number of hydrogen-bond acceptors (Lipinski definition) is 8. The zero-order valence-electron chi connectivity index (χ0n) is 23.4. The van der Waals surface area contributed by atoms with E-state index in [9.17, 15) is 14.3 Å². The molecule has 1 N–H and O–H groups in total. The van der Waals surface area contributed by atoms with Gasteiger partial charge in [0.25, 0.3) is 0 Å². The Bertz CT molecular complexity index is 1790. The van der Waals surface area contributed by atoms with Crippen LogP contribution in [0.5, 0.6) is 5.88 Å². The minimum Gasteiger partial charge on any atom is -0.478 e. The number of pyridine rings is 1. The zero-order chi connectivity index (χ0) is 29.5. The van der Waals surface area contributed by atoms with E-state index in [2.05, 4.69) is 19.4 Å². The fourth-order valence-corrected chi connectivity index (χ4v) is 5.96. The summed E-state index contributed by atoms with van der Waals surface area (Å²) in [7, 11) is 0. The normalized spacial score (nSPS) is 16.9. The molecule has 0 unspecified atom stereocenters. The van der Waals surface area contributed by atoms with Gasteiger partial charge in [-0.2, -0.15) is 10.2 Å². The van der Waals surface area contributed by atoms with E-state index in [1.807, 2.05) is 18.2 Å². The third kappa shape index (κ3) is 5.43. The number of nitriles is 1. The molecule has 0 saturated carbocycles. The van der Waals surface area contributed by atoms with Crippen molar-refractivity contribution < 1.29 is 23.8 Å². The van der Waals surface area contributed by atoms with Crippen molar-refractivity contribution in [2.45, 2.75) is 19.7 Å². The summed E-state index contributed by atoms with van der Waals surface area (Å²) in [4.78, 5) is 25.8. The van der Waals surface area contributed by atoms with Crippen molar-refractivity contribution in [3.05, 3.63) is 94.1 Å². The number of halogens is 1. The molecule has 2 aromatic heterocycles. The van der Waals surface area contributed by atoms with Crippen LogP contribution < -0.4 is 9.64 Å². The first kappa shape index (κ1) is 27.1. The molecular weight excluding hydrogens is 551 g/mol. The van der Waals surface area contributed by atoms with Gasteiger partial charge in [-0.15, -0.1) is 0 Å². The second-order valence-electron chi connectivity index (χ2n) is 11.3. The molecule has 0 aliphatic carbocycles. The molecule has 3 aliphatic rings. The third-order valence-corrected chi connectivity index (χ3v) is 8.27. The number of carboxylic acids is 1. The maximum atomic E-state index is 14.3. The van der Waals surface area contributed by atoms with Crippen molar-refractivity contribution in [1.29, 1.82) is 5.26 Å². The van der Waals surface area contributed by atoms with Crippen LogP contribution in [0.4, 0.5) is 10.2 Å². The highest BCUT2D eigenvalue weighted by molar-refractivity contribution is 5.92. The van der Waals surface area contributed by atoms with E-state index in [-0.39, 0.29) is 17.7 Å². The van der Waals surface area contributed by atoms with E-state index in [1.165, 1.54) is 17.2 Å². The van der Waals surface area contributed by atoms with Gasteiger partial charge in [0.1, 0.15) is 24.1 Å². The van der Waals surface area contributed by atoms with Gasteiger partial charge >= 0.3 is 5.97 Å². The lowest BCUT2D eigenvalue weighted by atomic mass is 10.1. The van der Waals surface area contributed by atoms with E-state index in [0.717, 1.165) is 55.4 Å². The van der Waals surface area contributed by atoms with Crippen molar-refractivity contribution in [2.75, 3.05) is 44.3 Å². The summed E-state index contributed by atoms with van der Waals surface area (Å²) in [5.41, 5.74) is 5.30. The Hall–Kier alpha value is -4.79. The average molecular weight is 581 g/mol. The van der Waals surface area contributed by atoms with Crippen molar-refractivity contribution in [1.82, 2.24) is 19.4 Å². The minimum absolute atomic E-state index is 0.0217. The predicted octanol–water partition coefficient (Wildman–Crippen LogP) is 4.00. The highest BCUT2D eigenvalue weighted by atomic mass is 19.1. The van der Waals surface area contributed by atoms with E-state index >= 15 is 0 Å². The van der Waals surface area contributed by atoms with Crippen LogP contribution in [0.15, 0.2) is 65.7 Å². The maximum Gasteiger partial charge on any atom is 0.335 e. The van der Waals surface area contributed by atoms with Crippen LogP contribution in [0.1, 0.15) is 27.3 Å². The molecule has 1 saturated heterocycles. The molecular formula is C32H29FN6O4. The molecule has 0 bridgehead atoms. The quantitative estimate of drug-likeness (QED) is 0.293. The maximum absolute atomic E-state index is 14.3. The zero-order valence-corrected chi connectivity index (χ0v) is 23.4. The number of imidazole rings is 1. The summed E-state index contributed by atoms with van der Waals surface area (Å²) in [6.07, 6.45) is 0. The fraction of sp³-hybridized carbons (Fsp3) is 0.312.